The Morgan fingerprint density at radius 3 is 0.802 bits per heavy atom. The van der Waals surface area contributed by atoms with Crippen molar-refractivity contribution < 1.29 is 85.6 Å². The summed E-state index contributed by atoms with van der Waals surface area (Å²) < 4.78 is 62.8. The lowest BCUT2D eigenvalue weighted by atomic mass is 9.84. The summed E-state index contributed by atoms with van der Waals surface area (Å²) in [5.41, 5.74) is -1.91. The summed E-state index contributed by atoms with van der Waals surface area (Å²) in [5.74, 6) is 0.471. The second-order valence-corrected chi connectivity index (χ2v) is 29.4. The number of hydrogen-bond donors (Lipinski definition) is 0. The Labute approximate surface area is 519 Å². The lowest BCUT2D eigenvalue weighted by Crippen LogP contribution is -2.47. The third-order valence-electron chi connectivity index (χ3n) is 19.5. The maximum atomic E-state index is 11.8. The van der Waals surface area contributed by atoms with Crippen LogP contribution in [0.1, 0.15) is 228 Å². The Kier molecular flexibility index (Phi) is 30.5. The molecule has 18 nitrogen and oxygen atoms in total. The van der Waals surface area contributed by atoms with Crippen LogP contribution in [0.3, 0.4) is 0 Å². The summed E-state index contributed by atoms with van der Waals surface area (Å²) >= 11 is 0. The van der Waals surface area contributed by atoms with E-state index >= 15 is 0 Å². The molecule has 0 aromatic heterocycles. The molecule has 0 amide bonds. The molecular formula is C68H120O18. The van der Waals surface area contributed by atoms with Gasteiger partial charge in [0.05, 0.1) is 121 Å². The smallest absolute Gasteiger partial charge is 0.311 e. The highest BCUT2D eigenvalue weighted by atomic mass is 16.6. The van der Waals surface area contributed by atoms with Gasteiger partial charge in [-0.15, -0.1) is 0 Å². The number of esters is 6. The molecule has 8 aliphatic rings. The van der Waals surface area contributed by atoms with Gasteiger partial charge in [0, 0.05) is 0 Å². The van der Waals surface area contributed by atoms with Crippen LogP contribution in [-0.4, -0.2) is 152 Å². The highest BCUT2D eigenvalue weighted by Gasteiger charge is 2.46. The van der Waals surface area contributed by atoms with Crippen molar-refractivity contribution in [3.63, 3.8) is 0 Å². The quantitative estimate of drug-likeness (QED) is 0.0445. The molecule has 8 fully saturated rings. The molecule has 500 valence electrons. The van der Waals surface area contributed by atoms with Crippen LogP contribution in [0.15, 0.2) is 0 Å². The first-order chi connectivity index (χ1) is 40.1. The van der Waals surface area contributed by atoms with Crippen molar-refractivity contribution in [3.05, 3.63) is 0 Å². The number of ether oxygens (including phenoxy) is 12. The first-order valence-electron chi connectivity index (χ1n) is 32.8. The molecule has 0 aromatic carbocycles. The summed E-state index contributed by atoms with van der Waals surface area (Å²) in [6.45, 7) is 46.6. The van der Waals surface area contributed by atoms with Crippen LogP contribution in [0.4, 0.5) is 0 Å². The molecule has 18 heteroatoms. The Balaban J connectivity index is 0.000000271. The Hall–Kier alpha value is -3.42. The minimum atomic E-state index is -0.362. The van der Waals surface area contributed by atoms with E-state index in [1.165, 1.54) is 0 Å². The number of carbonyl (C=O) groups is 6. The second kappa shape index (κ2) is 34.1. The monoisotopic (exact) mass is 1220 g/mol. The molecule has 8 rings (SSSR count). The van der Waals surface area contributed by atoms with Gasteiger partial charge in [-0.3, -0.25) is 28.8 Å². The third kappa shape index (κ3) is 25.8. The third-order valence-corrected chi connectivity index (χ3v) is 19.5. The SMILES string of the molecule is CCC(C)(C)C(=O)OCC1CCC2OC2C1.CCC(C)(C)C(=O)OCC1CCC2OC2C1.CCC(C)(C)C(=O)OCC1CO1.CCC(C)(C)C(=O)OCC1CO1.CCC1(COC(=O)C(C)(C)CC)COC1.CCC1(COC(=O)C(C)(C)CC)COC1. The minimum absolute atomic E-state index is 0.0613. The molecule has 0 N–H and O–H groups in total. The van der Waals surface area contributed by atoms with Crippen LogP contribution in [0.2, 0.25) is 0 Å². The topological polar surface area (TPSA) is 226 Å². The molecule has 0 aromatic rings. The van der Waals surface area contributed by atoms with Crippen molar-refractivity contribution in [1.82, 2.24) is 0 Å². The number of fused-ring (bicyclic) bond motifs is 2. The van der Waals surface area contributed by atoms with E-state index in [-0.39, 0.29) is 91.3 Å². The fourth-order valence-corrected chi connectivity index (χ4v) is 8.37. The van der Waals surface area contributed by atoms with Crippen molar-refractivity contribution in [2.24, 2.45) is 55.2 Å². The van der Waals surface area contributed by atoms with Gasteiger partial charge in [-0.1, -0.05) is 55.4 Å². The molecule has 8 atom stereocenters. The minimum Gasteiger partial charge on any atom is -0.465 e. The molecule has 2 aliphatic carbocycles. The van der Waals surface area contributed by atoms with E-state index < -0.39 is 0 Å². The Bertz CT molecular complexity index is 1940. The van der Waals surface area contributed by atoms with E-state index in [2.05, 4.69) is 13.8 Å². The van der Waals surface area contributed by atoms with Crippen LogP contribution >= 0.6 is 0 Å². The van der Waals surface area contributed by atoms with Crippen molar-refractivity contribution in [3.8, 4) is 0 Å². The molecule has 8 unspecified atom stereocenters. The zero-order chi connectivity index (χ0) is 65.0. The van der Waals surface area contributed by atoms with Crippen molar-refractivity contribution >= 4 is 35.8 Å². The summed E-state index contributed by atoms with van der Waals surface area (Å²) in [6, 6.07) is 0. The fourth-order valence-electron chi connectivity index (χ4n) is 8.37. The largest absolute Gasteiger partial charge is 0.465 e. The summed E-state index contributed by atoms with van der Waals surface area (Å²) in [7, 11) is 0. The lowest BCUT2D eigenvalue weighted by molar-refractivity contribution is -0.178. The number of rotatable bonds is 26. The maximum absolute atomic E-state index is 11.8. The highest BCUT2D eigenvalue weighted by Crippen LogP contribution is 2.41. The lowest BCUT2D eigenvalue weighted by Gasteiger charge is -2.40. The fraction of sp³-hybridized carbons (Fsp3) is 0.912. The Morgan fingerprint density at radius 1 is 0.360 bits per heavy atom. The Morgan fingerprint density at radius 2 is 0.605 bits per heavy atom. The van der Waals surface area contributed by atoms with Crippen molar-refractivity contribution in [1.29, 1.82) is 0 Å². The average molecular weight is 1230 g/mol. The van der Waals surface area contributed by atoms with Gasteiger partial charge in [0.2, 0.25) is 0 Å². The van der Waals surface area contributed by atoms with Crippen LogP contribution < -0.4 is 0 Å². The van der Waals surface area contributed by atoms with Gasteiger partial charge in [-0.25, -0.2) is 0 Å². The maximum Gasteiger partial charge on any atom is 0.311 e. The molecular weight excluding hydrogens is 1100 g/mol. The normalized spacial score (nSPS) is 25.3. The molecule has 2 saturated carbocycles. The van der Waals surface area contributed by atoms with Crippen LogP contribution in [0, 0.1) is 55.2 Å². The predicted octanol–water partition coefficient (Wildman–Crippen LogP) is 12.6. The van der Waals surface area contributed by atoms with E-state index in [0.29, 0.717) is 75.9 Å². The standard InChI is InChI=1S/2C13H22O3.2C12H22O3.2C9H16O3/c2*1-4-13(2,3)12(14)15-8-9-5-6-10-11(7-9)16-10;2*1-5-11(3,4)10(13)15-9-12(6-2)7-14-8-12;2*1-4-9(2,3)8(10)12-6-7-5-11-7/h2*9-11H,4-8H2,1-3H3;2*5-9H2,1-4H3;2*7H,4-6H2,1-3H3. The van der Waals surface area contributed by atoms with Gasteiger partial charge < -0.3 is 56.8 Å². The van der Waals surface area contributed by atoms with Crippen molar-refractivity contribution in [2.75, 3.05) is 79.3 Å². The summed E-state index contributed by atoms with van der Waals surface area (Å²) in [5, 5.41) is 0. The molecule has 6 saturated heterocycles. The van der Waals surface area contributed by atoms with Gasteiger partial charge in [-0.05, 0) is 185 Å². The van der Waals surface area contributed by atoms with Crippen molar-refractivity contribution in [2.45, 2.75) is 265 Å². The number of hydrogen-bond acceptors (Lipinski definition) is 18. The van der Waals surface area contributed by atoms with E-state index in [1.54, 1.807) is 0 Å². The van der Waals surface area contributed by atoms with Gasteiger partial charge in [0.25, 0.3) is 0 Å². The first-order valence-corrected chi connectivity index (χ1v) is 32.8. The molecule has 0 bridgehead atoms. The van der Waals surface area contributed by atoms with Gasteiger partial charge in [-0.2, -0.15) is 0 Å². The van der Waals surface area contributed by atoms with E-state index in [4.69, 9.17) is 56.8 Å². The van der Waals surface area contributed by atoms with Gasteiger partial charge in [0.15, 0.2) is 0 Å². The van der Waals surface area contributed by atoms with Gasteiger partial charge >= 0.3 is 35.8 Å². The zero-order valence-corrected chi connectivity index (χ0v) is 57.4. The average Bonchev–Trinajstić information content (AvgIpc) is 2.31. The first kappa shape index (κ1) is 76.8. The summed E-state index contributed by atoms with van der Waals surface area (Å²) in [4.78, 5) is 69.7. The zero-order valence-electron chi connectivity index (χ0n) is 57.4. The predicted molar refractivity (Wildman–Crippen MR) is 329 cm³/mol. The van der Waals surface area contributed by atoms with E-state index in [1.807, 2.05) is 125 Å². The number of epoxide rings is 4. The molecule has 0 spiro atoms. The molecule has 6 aliphatic heterocycles. The van der Waals surface area contributed by atoms with E-state index in [9.17, 15) is 28.8 Å². The van der Waals surface area contributed by atoms with Crippen LogP contribution in [0.25, 0.3) is 0 Å². The second-order valence-electron chi connectivity index (χ2n) is 29.4. The molecule has 0 radical (unpaired) electrons. The highest BCUT2D eigenvalue weighted by molar-refractivity contribution is 5.78. The van der Waals surface area contributed by atoms with Crippen LogP contribution in [0.5, 0.6) is 0 Å². The molecule has 86 heavy (non-hydrogen) atoms. The van der Waals surface area contributed by atoms with E-state index in [0.717, 1.165) is 130 Å². The van der Waals surface area contributed by atoms with Gasteiger partial charge in [0.1, 0.15) is 38.6 Å². The summed E-state index contributed by atoms with van der Waals surface area (Å²) in [6.07, 6.45) is 15.9. The van der Waals surface area contributed by atoms with Crippen LogP contribution in [-0.2, 0) is 85.6 Å². The number of carbonyl (C=O) groups excluding carboxylic acids is 6. The molecule has 6 heterocycles.